The van der Waals surface area contributed by atoms with Crippen LogP contribution >= 0.6 is 34.8 Å². The van der Waals surface area contributed by atoms with Crippen LogP contribution in [0, 0.1) is 6.92 Å². The Morgan fingerprint density at radius 1 is 1.22 bits per heavy atom. The van der Waals surface area contributed by atoms with Gasteiger partial charge in [0.2, 0.25) is 3.79 Å². The van der Waals surface area contributed by atoms with E-state index in [0.29, 0.717) is 11.4 Å². The highest BCUT2D eigenvalue weighted by Crippen LogP contribution is 2.39. The third-order valence-electron chi connectivity index (χ3n) is 3.49. The number of carbonyl (C=O) groups excluding carboxylic acids is 1. The van der Waals surface area contributed by atoms with E-state index in [1.54, 1.807) is 6.92 Å². The summed E-state index contributed by atoms with van der Waals surface area (Å²) in [6, 6.07) is 6.12. The van der Waals surface area contributed by atoms with E-state index < -0.39 is 15.9 Å². The van der Waals surface area contributed by atoms with Crippen molar-refractivity contribution in [2.75, 3.05) is 13.1 Å². The summed E-state index contributed by atoms with van der Waals surface area (Å²) < 4.78 is -1.68. The van der Waals surface area contributed by atoms with Crippen molar-refractivity contribution < 1.29 is 4.79 Å². The molecule has 1 N–H and O–H groups in total. The van der Waals surface area contributed by atoms with Gasteiger partial charge < -0.3 is 10.2 Å². The molecule has 0 radical (unpaired) electrons. The lowest BCUT2D eigenvalue weighted by Crippen LogP contribution is -2.36. The Morgan fingerprint density at radius 2 is 1.74 bits per heavy atom. The minimum absolute atomic E-state index is 0.536. The summed E-state index contributed by atoms with van der Waals surface area (Å²) in [5.41, 5.74) is 1.79. The Bertz CT molecular complexity index is 549. The van der Waals surface area contributed by atoms with Gasteiger partial charge in [0.15, 0.2) is 0 Å². The lowest BCUT2D eigenvalue weighted by molar-refractivity contribution is 0.245. The molecule has 0 unspecified atom stereocenters. The average molecular weight is 379 g/mol. The number of halogens is 3. The first-order chi connectivity index (χ1) is 10.7. The van der Waals surface area contributed by atoms with E-state index in [-0.39, 0.29) is 0 Å². The number of aliphatic imine (C=N–C) groups is 1. The monoisotopic (exact) mass is 377 g/mol. The number of hydrogen-bond acceptors (Lipinski definition) is 1. The highest BCUT2D eigenvalue weighted by Gasteiger charge is 2.35. The molecule has 0 aliphatic carbocycles. The van der Waals surface area contributed by atoms with E-state index in [0.717, 1.165) is 18.7 Å². The molecule has 0 aliphatic heterocycles. The van der Waals surface area contributed by atoms with Crippen molar-refractivity contribution in [1.82, 2.24) is 10.2 Å². The van der Waals surface area contributed by atoms with E-state index in [1.165, 1.54) is 0 Å². The summed E-state index contributed by atoms with van der Waals surface area (Å²) >= 11 is 18.1. The van der Waals surface area contributed by atoms with Gasteiger partial charge in [-0.1, -0.05) is 64.6 Å². The van der Waals surface area contributed by atoms with E-state index in [9.17, 15) is 4.79 Å². The molecule has 0 saturated heterocycles. The van der Waals surface area contributed by atoms with Crippen LogP contribution in [0.4, 0.5) is 4.79 Å². The maximum atomic E-state index is 12.2. The zero-order valence-corrected chi connectivity index (χ0v) is 16.0. The fourth-order valence-corrected chi connectivity index (χ4v) is 2.71. The number of benzene rings is 1. The van der Waals surface area contributed by atoms with Gasteiger partial charge >= 0.3 is 6.03 Å². The Hall–Kier alpha value is -0.970. The zero-order valence-electron chi connectivity index (χ0n) is 13.7. The highest BCUT2D eigenvalue weighted by atomic mass is 35.6. The van der Waals surface area contributed by atoms with Gasteiger partial charge in [-0.05, 0) is 33.3 Å². The molecule has 1 aromatic rings. The van der Waals surface area contributed by atoms with Gasteiger partial charge in [-0.25, -0.2) is 4.79 Å². The van der Waals surface area contributed by atoms with Crippen molar-refractivity contribution in [3.05, 3.63) is 35.4 Å². The van der Waals surface area contributed by atoms with Gasteiger partial charge in [0.25, 0.3) is 0 Å². The molecule has 0 spiro atoms. The largest absolute Gasteiger partial charge is 0.361 e. The first kappa shape index (κ1) is 20.1. The fourth-order valence-electron chi connectivity index (χ4n) is 2.17. The van der Waals surface area contributed by atoms with Crippen LogP contribution in [0.3, 0.4) is 0 Å². The maximum absolute atomic E-state index is 12.2. The standard InChI is InChI=1S/C16H22Cl3N3O/c1-5-22(6-2)12(4)20-15(23)21-14(16(17,18)19)13-9-7-11(3)8-10-13/h7-10,14H,5-6H2,1-4H3,(H,21,23)/t14-/m0/s1. The van der Waals surface area contributed by atoms with Gasteiger partial charge in [0.1, 0.15) is 11.9 Å². The molecule has 4 nitrogen and oxygen atoms in total. The first-order valence-electron chi connectivity index (χ1n) is 7.43. The Balaban J connectivity index is 2.97. The molecule has 23 heavy (non-hydrogen) atoms. The Labute approximate surface area is 152 Å². The van der Waals surface area contributed by atoms with Crippen LogP contribution in [0.5, 0.6) is 0 Å². The number of hydrogen-bond donors (Lipinski definition) is 1. The molecule has 0 fully saturated rings. The molecule has 128 valence electrons. The van der Waals surface area contributed by atoms with Crippen molar-refractivity contribution in [3.63, 3.8) is 0 Å². The molecule has 1 rings (SSSR count). The highest BCUT2D eigenvalue weighted by molar-refractivity contribution is 6.68. The second-order valence-corrected chi connectivity index (χ2v) is 7.54. The molecular formula is C16H22Cl3N3O. The van der Waals surface area contributed by atoms with Crippen LogP contribution < -0.4 is 5.32 Å². The molecule has 0 saturated carbocycles. The number of amidine groups is 1. The van der Waals surface area contributed by atoms with Crippen LogP contribution in [0.2, 0.25) is 0 Å². The topological polar surface area (TPSA) is 44.7 Å². The maximum Gasteiger partial charge on any atom is 0.343 e. The third-order valence-corrected chi connectivity index (χ3v) is 4.14. The Kier molecular flexibility index (Phi) is 7.65. The van der Waals surface area contributed by atoms with E-state index in [1.807, 2.05) is 49.9 Å². The van der Waals surface area contributed by atoms with Gasteiger partial charge in [-0.3, -0.25) is 0 Å². The number of urea groups is 1. The predicted octanol–water partition coefficient (Wildman–Crippen LogP) is 4.88. The van der Waals surface area contributed by atoms with E-state index in [4.69, 9.17) is 34.8 Å². The third kappa shape index (κ3) is 6.21. The number of nitrogens with one attached hydrogen (secondary N) is 1. The van der Waals surface area contributed by atoms with Gasteiger partial charge in [-0.15, -0.1) is 0 Å². The summed E-state index contributed by atoms with van der Waals surface area (Å²) in [5, 5.41) is 2.68. The quantitative estimate of drug-likeness (QED) is 0.461. The number of carbonyl (C=O) groups is 1. The van der Waals surface area contributed by atoms with Crippen molar-refractivity contribution in [3.8, 4) is 0 Å². The average Bonchev–Trinajstić information content (AvgIpc) is 2.46. The number of aryl methyl sites for hydroxylation is 1. The minimum Gasteiger partial charge on any atom is -0.361 e. The molecule has 2 amide bonds. The second kappa shape index (κ2) is 8.76. The lowest BCUT2D eigenvalue weighted by atomic mass is 10.1. The van der Waals surface area contributed by atoms with Gasteiger partial charge in [0, 0.05) is 13.1 Å². The summed E-state index contributed by atoms with van der Waals surface area (Å²) in [6.45, 7) is 9.27. The molecule has 1 aromatic carbocycles. The zero-order chi connectivity index (χ0) is 17.6. The molecule has 0 heterocycles. The molecule has 0 bridgehead atoms. The van der Waals surface area contributed by atoms with Crippen LogP contribution in [0.25, 0.3) is 0 Å². The van der Waals surface area contributed by atoms with Crippen LogP contribution in [0.1, 0.15) is 37.9 Å². The summed E-state index contributed by atoms with van der Waals surface area (Å²) in [6.07, 6.45) is 0. The van der Waals surface area contributed by atoms with Crippen molar-refractivity contribution in [2.45, 2.75) is 37.5 Å². The van der Waals surface area contributed by atoms with E-state index in [2.05, 4.69) is 10.3 Å². The SMILES string of the molecule is CCN(CC)C(C)=NC(=O)N[C@@H](c1ccc(C)cc1)C(Cl)(Cl)Cl. The van der Waals surface area contributed by atoms with Crippen molar-refractivity contribution in [1.29, 1.82) is 0 Å². The summed E-state index contributed by atoms with van der Waals surface area (Å²) in [5.74, 6) is 0.625. The van der Waals surface area contributed by atoms with Crippen LogP contribution in [0.15, 0.2) is 29.3 Å². The summed E-state index contributed by atoms with van der Waals surface area (Å²) in [4.78, 5) is 18.2. The lowest BCUT2D eigenvalue weighted by Gasteiger charge is -2.26. The second-order valence-electron chi connectivity index (χ2n) is 5.17. The molecule has 7 heteroatoms. The van der Waals surface area contributed by atoms with Crippen LogP contribution in [-0.2, 0) is 0 Å². The van der Waals surface area contributed by atoms with Crippen molar-refractivity contribution in [2.24, 2.45) is 4.99 Å². The number of rotatable bonds is 4. The normalized spacial score (nSPS) is 13.6. The number of nitrogens with zero attached hydrogens (tertiary/aromatic N) is 2. The summed E-state index contributed by atoms with van der Waals surface area (Å²) in [7, 11) is 0. The molecule has 1 atom stereocenters. The molecular weight excluding hydrogens is 357 g/mol. The number of amides is 2. The smallest absolute Gasteiger partial charge is 0.343 e. The molecule has 0 aromatic heterocycles. The first-order valence-corrected chi connectivity index (χ1v) is 8.56. The Morgan fingerprint density at radius 3 is 2.17 bits per heavy atom. The fraction of sp³-hybridized carbons (Fsp3) is 0.500. The predicted molar refractivity (Wildman–Crippen MR) is 98.8 cm³/mol. The van der Waals surface area contributed by atoms with Crippen LogP contribution in [-0.4, -0.2) is 33.6 Å². The van der Waals surface area contributed by atoms with Crippen molar-refractivity contribution >= 4 is 46.7 Å². The molecule has 0 aliphatic rings. The van der Waals surface area contributed by atoms with Gasteiger partial charge in [0.05, 0.1) is 0 Å². The van der Waals surface area contributed by atoms with E-state index >= 15 is 0 Å². The van der Waals surface area contributed by atoms with Gasteiger partial charge in [-0.2, -0.15) is 4.99 Å². The number of alkyl halides is 3. The minimum atomic E-state index is -1.68.